The summed E-state index contributed by atoms with van der Waals surface area (Å²) in [4.78, 5) is 25.3. The van der Waals surface area contributed by atoms with Gasteiger partial charge in [-0.1, -0.05) is 44.2 Å². The highest BCUT2D eigenvalue weighted by molar-refractivity contribution is 6.07. The molecule has 0 spiro atoms. The van der Waals surface area contributed by atoms with Crippen LogP contribution in [-0.2, 0) is 10.3 Å². The van der Waals surface area contributed by atoms with Gasteiger partial charge in [-0.2, -0.15) is 5.10 Å². The second-order valence-electron chi connectivity index (χ2n) is 7.63. The molecule has 3 amide bonds. The highest BCUT2D eigenvalue weighted by Crippen LogP contribution is 2.30. The van der Waals surface area contributed by atoms with E-state index in [1.54, 1.807) is 37.3 Å². The van der Waals surface area contributed by atoms with E-state index in [2.05, 4.69) is 24.3 Å². The lowest BCUT2D eigenvalue weighted by Gasteiger charge is -2.20. The highest BCUT2D eigenvalue weighted by Gasteiger charge is 2.49. The lowest BCUT2D eigenvalue weighted by atomic mass is 9.92. The molecular formula is C23H27N3O4. The van der Waals surface area contributed by atoms with E-state index in [4.69, 9.17) is 9.47 Å². The average molecular weight is 409 g/mol. The molecule has 0 unspecified atom stereocenters. The van der Waals surface area contributed by atoms with Gasteiger partial charge in [-0.25, -0.2) is 4.79 Å². The fourth-order valence-electron chi connectivity index (χ4n) is 3.07. The maximum absolute atomic E-state index is 12.9. The van der Waals surface area contributed by atoms with Crippen LogP contribution in [0.5, 0.6) is 11.5 Å². The molecule has 0 aromatic heterocycles. The van der Waals surface area contributed by atoms with Gasteiger partial charge in [0.1, 0.15) is 5.54 Å². The lowest BCUT2D eigenvalue weighted by Crippen LogP contribution is -2.40. The molecule has 0 saturated carbocycles. The van der Waals surface area contributed by atoms with Gasteiger partial charge in [0.15, 0.2) is 11.5 Å². The van der Waals surface area contributed by atoms with E-state index in [0.717, 1.165) is 5.01 Å². The molecular weight excluding hydrogens is 382 g/mol. The third-order valence-corrected chi connectivity index (χ3v) is 4.68. The SMILES string of the molecule is CCOc1cc(/C=N\N2C(=O)N[C@@](C)(c3ccccc3)C2=O)ccc1OCC(C)C. The number of carbonyl (C=O) groups excluding carboxylic acids is 2. The summed E-state index contributed by atoms with van der Waals surface area (Å²) >= 11 is 0. The van der Waals surface area contributed by atoms with Crippen LogP contribution in [-0.4, -0.2) is 36.4 Å². The van der Waals surface area contributed by atoms with Gasteiger partial charge in [-0.05, 0) is 49.1 Å². The van der Waals surface area contributed by atoms with Gasteiger partial charge in [0.2, 0.25) is 0 Å². The van der Waals surface area contributed by atoms with Crippen LogP contribution in [0.4, 0.5) is 4.79 Å². The predicted molar refractivity (Wildman–Crippen MR) is 115 cm³/mol. The van der Waals surface area contributed by atoms with E-state index in [9.17, 15) is 9.59 Å². The van der Waals surface area contributed by atoms with Crippen molar-refractivity contribution in [2.45, 2.75) is 33.2 Å². The quantitative estimate of drug-likeness (QED) is 0.529. The first kappa shape index (κ1) is 21.4. The van der Waals surface area contributed by atoms with Crippen molar-refractivity contribution in [1.82, 2.24) is 10.3 Å². The smallest absolute Gasteiger partial charge is 0.346 e. The number of urea groups is 1. The Balaban J connectivity index is 1.80. The zero-order valence-corrected chi connectivity index (χ0v) is 17.7. The van der Waals surface area contributed by atoms with Crippen molar-refractivity contribution in [2.24, 2.45) is 11.0 Å². The Kier molecular flexibility index (Phi) is 6.40. The van der Waals surface area contributed by atoms with Gasteiger partial charge < -0.3 is 14.8 Å². The minimum Gasteiger partial charge on any atom is -0.490 e. The molecule has 1 N–H and O–H groups in total. The molecule has 158 valence electrons. The monoisotopic (exact) mass is 409 g/mol. The normalized spacial score (nSPS) is 18.9. The van der Waals surface area contributed by atoms with Crippen molar-refractivity contribution in [3.05, 3.63) is 59.7 Å². The Labute approximate surface area is 176 Å². The molecule has 30 heavy (non-hydrogen) atoms. The zero-order chi connectivity index (χ0) is 21.7. The van der Waals surface area contributed by atoms with Gasteiger partial charge in [0.05, 0.1) is 19.4 Å². The number of ether oxygens (including phenoxy) is 2. The molecule has 1 fully saturated rings. The molecule has 3 rings (SSSR count). The van der Waals surface area contributed by atoms with Gasteiger partial charge in [-0.15, -0.1) is 5.01 Å². The first-order valence-electron chi connectivity index (χ1n) is 10.0. The summed E-state index contributed by atoms with van der Waals surface area (Å²) in [6.45, 7) is 8.78. The summed E-state index contributed by atoms with van der Waals surface area (Å²) in [5, 5.41) is 7.72. The summed E-state index contributed by atoms with van der Waals surface area (Å²) in [5.74, 6) is 1.19. The summed E-state index contributed by atoms with van der Waals surface area (Å²) < 4.78 is 11.5. The Bertz CT molecular complexity index is 943. The Morgan fingerprint density at radius 3 is 2.50 bits per heavy atom. The molecule has 1 heterocycles. The molecule has 0 radical (unpaired) electrons. The van der Waals surface area contributed by atoms with Crippen molar-refractivity contribution >= 4 is 18.2 Å². The minimum atomic E-state index is -1.15. The summed E-state index contributed by atoms with van der Waals surface area (Å²) in [6.07, 6.45) is 1.46. The van der Waals surface area contributed by atoms with E-state index >= 15 is 0 Å². The number of amides is 3. The molecule has 1 aliphatic heterocycles. The van der Waals surface area contributed by atoms with Gasteiger partial charge in [0, 0.05) is 0 Å². The van der Waals surface area contributed by atoms with Crippen molar-refractivity contribution in [2.75, 3.05) is 13.2 Å². The predicted octanol–water partition coefficient (Wildman–Crippen LogP) is 3.92. The fraction of sp³-hybridized carbons (Fsp3) is 0.348. The summed E-state index contributed by atoms with van der Waals surface area (Å²) in [5.41, 5.74) is 0.233. The van der Waals surface area contributed by atoms with E-state index < -0.39 is 17.5 Å². The van der Waals surface area contributed by atoms with Crippen LogP contribution in [0, 0.1) is 5.92 Å². The van der Waals surface area contributed by atoms with Crippen molar-refractivity contribution < 1.29 is 19.1 Å². The summed E-state index contributed by atoms with van der Waals surface area (Å²) in [6, 6.07) is 13.9. The maximum atomic E-state index is 12.9. The molecule has 1 aliphatic rings. The van der Waals surface area contributed by atoms with Gasteiger partial charge >= 0.3 is 6.03 Å². The number of imide groups is 1. The molecule has 2 aromatic rings. The first-order valence-corrected chi connectivity index (χ1v) is 10.0. The molecule has 0 aliphatic carbocycles. The highest BCUT2D eigenvalue weighted by atomic mass is 16.5. The second-order valence-corrected chi connectivity index (χ2v) is 7.63. The van der Waals surface area contributed by atoms with Crippen molar-refractivity contribution in [3.63, 3.8) is 0 Å². The molecule has 1 atom stereocenters. The number of benzene rings is 2. The molecule has 2 aromatic carbocycles. The minimum absolute atomic E-state index is 0.388. The van der Waals surface area contributed by atoms with E-state index in [-0.39, 0.29) is 0 Å². The number of hydrogen-bond donors (Lipinski definition) is 1. The third kappa shape index (κ3) is 4.45. The average Bonchev–Trinajstić information content (AvgIpc) is 2.95. The van der Waals surface area contributed by atoms with E-state index in [0.29, 0.717) is 41.8 Å². The largest absolute Gasteiger partial charge is 0.490 e. The Morgan fingerprint density at radius 2 is 1.83 bits per heavy atom. The number of rotatable bonds is 8. The fourth-order valence-corrected chi connectivity index (χ4v) is 3.07. The third-order valence-electron chi connectivity index (χ3n) is 4.68. The Morgan fingerprint density at radius 1 is 1.10 bits per heavy atom. The first-order chi connectivity index (χ1) is 14.3. The summed E-state index contributed by atoms with van der Waals surface area (Å²) in [7, 11) is 0. The van der Waals surface area contributed by atoms with E-state index in [1.165, 1.54) is 6.21 Å². The zero-order valence-electron chi connectivity index (χ0n) is 17.7. The van der Waals surface area contributed by atoms with Gasteiger partial charge in [0.25, 0.3) is 5.91 Å². The number of nitrogens with one attached hydrogen (secondary N) is 1. The van der Waals surface area contributed by atoms with Crippen LogP contribution in [0.1, 0.15) is 38.8 Å². The number of nitrogens with zero attached hydrogens (tertiary/aromatic N) is 2. The molecule has 1 saturated heterocycles. The van der Waals surface area contributed by atoms with Crippen LogP contribution in [0.15, 0.2) is 53.6 Å². The van der Waals surface area contributed by atoms with Crippen molar-refractivity contribution in [1.29, 1.82) is 0 Å². The topological polar surface area (TPSA) is 80.2 Å². The number of hydrazone groups is 1. The molecule has 0 bridgehead atoms. The number of carbonyl (C=O) groups is 2. The van der Waals surface area contributed by atoms with Crippen LogP contribution in [0.25, 0.3) is 0 Å². The van der Waals surface area contributed by atoms with Crippen LogP contribution >= 0.6 is 0 Å². The lowest BCUT2D eigenvalue weighted by molar-refractivity contribution is -0.131. The Hall–Kier alpha value is -3.35. The second kappa shape index (κ2) is 8.98. The van der Waals surface area contributed by atoms with Crippen LogP contribution in [0.2, 0.25) is 0 Å². The van der Waals surface area contributed by atoms with E-state index in [1.807, 2.05) is 25.1 Å². The molecule has 7 heteroatoms. The number of hydrogen-bond acceptors (Lipinski definition) is 5. The van der Waals surface area contributed by atoms with Crippen LogP contribution in [0.3, 0.4) is 0 Å². The van der Waals surface area contributed by atoms with Crippen molar-refractivity contribution in [3.8, 4) is 11.5 Å². The van der Waals surface area contributed by atoms with Gasteiger partial charge in [-0.3, -0.25) is 4.79 Å². The standard InChI is InChI=1S/C23H27N3O4/c1-5-29-20-13-17(11-12-19(20)30-15-16(2)3)14-24-26-21(27)23(4,25-22(26)28)18-9-7-6-8-10-18/h6-14,16H,5,15H2,1-4H3,(H,25,28)/b24-14-/t23-/m0/s1. The van der Waals surface area contributed by atoms with Crippen LogP contribution < -0.4 is 14.8 Å². The maximum Gasteiger partial charge on any atom is 0.346 e. The molecule has 7 nitrogen and oxygen atoms in total.